The quantitative estimate of drug-likeness (QED) is 0.508. The predicted octanol–water partition coefficient (Wildman–Crippen LogP) is 1.41. The summed E-state index contributed by atoms with van der Waals surface area (Å²) in [5, 5.41) is 11.1. The number of nitrogens with one attached hydrogen (secondary N) is 2. The van der Waals surface area contributed by atoms with Gasteiger partial charge in [-0.3, -0.25) is 9.59 Å². The molecule has 2 amide bonds. The maximum Gasteiger partial charge on any atom is 0.331 e. The molecule has 8 heteroatoms. The lowest BCUT2D eigenvalue weighted by atomic mass is 10.5. The summed E-state index contributed by atoms with van der Waals surface area (Å²) < 4.78 is 0. The van der Waals surface area contributed by atoms with Gasteiger partial charge in [0.2, 0.25) is 0 Å². The van der Waals surface area contributed by atoms with Crippen molar-refractivity contribution < 1.29 is 9.59 Å². The fourth-order valence-corrected chi connectivity index (χ4v) is 2.31. The fourth-order valence-electron chi connectivity index (χ4n) is 1.14. The third-order valence-electron chi connectivity index (χ3n) is 2.01. The first-order valence-corrected chi connectivity index (χ1v) is 7.25. The molecule has 102 valence electrons. The Bertz CT molecular complexity index is 562. The number of rotatable bonds is 4. The highest BCUT2D eigenvalue weighted by Gasteiger charge is 2.10. The fraction of sp³-hybridized carbons (Fsp3) is 0. The molecule has 0 aliphatic carbocycles. The minimum atomic E-state index is -0.874. The van der Waals surface area contributed by atoms with Crippen molar-refractivity contribution in [2.24, 2.45) is 10.2 Å². The van der Waals surface area contributed by atoms with E-state index in [0.29, 0.717) is 0 Å². The molecule has 0 aromatic carbocycles. The van der Waals surface area contributed by atoms with Crippen LogP contribution in [-0.4, -0.2) is 24.2 Å². The molecule has 6 nitrogen and oxygen atoms in total. The zero-order valence-electron chi connectivity index (χ0n) is 10.1. The maximum atomic E-state index is 11.4. The van der Waals surface area contributed by atoms with E-state index in [1.54, 1.807) is 0 Å². The van der Waals surface area contributed by atoms with Crippen molar-refractivity contribution in [2.45, 2.75) is 0 Å². The van der Waals surface area contributed by atoms with E-state index in [9.17, 15) is 9.59 Å². The number of hydrogen-bond donors (Lipinski definition) is 2. The van der Waals surface area contributed by atoms with Crippen molar-refractivity contribution in [3.05, 3.63) is 44.8 Å². The lowest BCUT2D eigenvalue weighted by molar-refractivity contribution is -0.139. The van der Waals surface area contributed by atoms with Gasteiger partial charge >= 0.3 is 11.8 Å². The van der Waals surface area contributed by atoms with E-state index in [4.69, 9.17) is 0 Å². The van der Waals surface area contributed by atoms with Crippen LogP contribution in [0.5, 0.6) is 0 Å². The van der Waals surface area contributed by atoms with Crippen LogP contribution in [0, 0.1) is 0 Å². The molecule has 2 N–H and O–H groups in total. The van der Waals surface area contributed by atoms with E-state index in [0.717, 1.165) is 9.75 Å². The van der Waals surface area contributed by atoms with Crippen LogP contribution in [0.25, 0.3) is 0 Å². The number of hydrazone groups is 2. The second-order valence-electron chi connectivity index (χ2n) is 3.43. The Labute approximate surface area is 122 Å². The number of carbonyl (C=O) groups is 2. The molecule has 2 aromatic rings. The van der Waals surface area contributed by atoms with Crippen LogP contribution in [-0.2, 0) is 9.59 Å². The SMILES string of the molecule is O=C(N/N=C\c1cccs1)C(=O)N/N=C\c1cccs1. The lowest BCUT2D eigenvalue weighted by Gasteiger charge is -1.97. The van der Waals surface area contributed by atoms with Gasteiger partial charge in [0.1, 0.15) is 0 Å². The lowest BCUT2D eigenvalue weighted by Crippen LogP contribution is -2.35. The van der Waals surface area contributed by atoms with Crippen LogP contribution in [0.1, 0.15) is 9.75 Å². The van der Waals surface area contributed by atoms with Gasteiger partial charge in [0.15, 0.2) is 0 Å². The maximum absolute atomic E-state index is 11.4. The van der Waals surface area contributed by atoms with Crippen molar-refractivity contribution in [1.29, 1.82) is 0 Å². The molecule has 0 bridgehead atoms. The summed E-state index contributed by atoms with van der Waals surface area (Å²) in [6.07, 6.45) is 2.93. The van der Waals surface area contributed by atoms with Gasteiger partial charge in [-0.2, -0.15) is 10.2 Å². The van der Waals surface area contributed by atoms with Gasteiger partial charge in [0.05, 0.1) is 12.4 Å². The van der Waals surface area contributed by atoms with Crippen LogP contribution in [0.15, 0.2) is 45.2 Å². The van der Waals surface area contributed by atoms with Gasteiger partial charge in [-0.25, -0.2) is 10.9 Å². The minimum absolute atomic E-state index is 0.874. The second kappa shape index (κ2) is 7.31. The number of amides is 2. The largest absolute Gasteiger partial charge is 0.331 e. The zero-order chi connectivity index (χ0) is 14.2. The molecule has 0 fully saturated rings. The van der Waals surface area contributed by atoms with Crippen LogP contribution >= 0.6 is 22.7 Å². The monoisotopic (exact) mass is 306 g/mol. The summed E-state index contributed by atoms with van der Waals surface area (Å²) in [5.74, 6) is -1.75. The highest BCUT2D eigenvalue weighted by Crippen LogP contribution is 2.04. The Hall–Kier alpha value is -2.32. The predicted molar refractivity (Wildman–Crippen MR) is 80.1 cm³/mol. The van der Waals surface area contributed by atoms with Crippen molar-refractivity contribution in [1.82, 2.24) is 10.9 Å². The molecular weight excluding hydrogens is 296 g/mol. The van der Waals surface area contributed by atoms with Gasteiger partial charge in [-0.15, -0.1) is 22.7 Å². The minimum Gasteiger partial charge on any atom is -0.262 e. The Morgan fingerprint density at radius 3 is 1.70 bits per heavy atom. The normalized spacial score (nSPS) is 11.0. The van der Waals surface area contributed by atoms with Gasteiger partial charge in [-0.1, -0.05) is 12.1 Å². The first-order valence-electron chi connectivity index (χ1n) is 5.49. The van der Waals surface area contributed by atoms with Crippen molar-refractivity contribution >= 4 is 46.9 Å². The summed E-state index contributed by atoms with van der Waals surface area (Å²) in [6, 6.07) is 7.40. The van der Waals surface area contributed by atoms with E-state index in [1.165, 1.54) is 35.1 Å². The van der Waals surface area contributed by atoms with Gasteiger partial charge in [-0.05, 0) is 22.9 Å². The molecule has 0 aliphatic heterocycles. The third-order valence-corrected chi connectivity index (χ3v) is 3.62. The Kier molecular flexibility index (Phi) is 5.15. The van der Waals surface area contributed by atoms with Crippen LogP contribution in [0.4, 0.5) is 0 Å². The van der Waals surface area contributed by atoms with Crippen LogP contribution < -0.4 is 10.9 Å². The van der Waals surface area contributed by atoms with Gasteiger partial charge in [0, 0.05) is 9.75 Å². The molecule has 0 atom stereocenters. The Balaban J connectivity index is 1.76. The Morgan fingerprint density at radius 1 is 0.900 bits per heavy atom. The van der Waals surface area contributed by atoms with E-state index < -0.39 is 11.8 Å². The molecular formula is C12H10N4O2S2. The van der Waals surface area contributed by atoms with E-state index in [2.05, 4.69) is 21.1 Å². The van der Waals surface area contributed by atoms with E-state index in [-0.39, 0.29) is 0 Å². The first-order chi connectivity index (χ1) is 9.75. The highest BCUT2D eigenvalue weighted by atomic mass is 32.1. The van der Waals surface area contributed by atoms with Crippen molar-refractivity contribution in [3.63, 3.8) is 0 Å². The smallest absolute Gasteiger partial charge is 0.262 e. The number of carbonyl (C=O) groups excluding carboxylic acids is 2. The average Bonchev–Trinajstić information content (AvgIpc) is 3.11. The topological polar surface area (TPSA) is 82.9 Å². The summed E-state index contributed by atoms with van der Waals surface area (Å²) in [6.45, 7) is 0. The summed E-state index contributed by atoms with van der Waals surface area (Å²) in [4.78, 5) is 24.5. The van der Waals surface area contributed by atoms with Crippen molar-refractivity contribution in [3.8, 4) is 0 Å². The zero-order valence-corrected chi connectivity index (χ0v) is 11.8. The summed E-state index contributed by atoms with van der Waals surface area (Å²) >= 11 is 2.94. The molecule has 2 heterocycles. The molecule has 0 spiro atoms. The van der Waals surface area contributed by atoms with Crippen molar-refractivity contribution in [2.75, 3.05) is 0 Å². The molecule has 20 heavy (non-hydrogen) atoms. The summed E-state index contributed by atoms with van der Waals surface area (Å²) in [7, 11) is 0. The Morgan fingerprint density at radius 2 is 1.35 bits per heavy atom. The molecule has 0 aliphatic rings. The number of nitrogens with zero attached hydrogens (tertiary/aromatic N) is 2. The third kappa shape index (κ3) is 4.41. The molecule has 0 unspecified atom stereocenters. The molecule has 2 aromatic heterocycles. The van der Waals surface area contributed by atoms with Gasteiger partial charge < -0.3 is 0 Å². The molecule has 0 saturated carbocycles. The van der Waals surface area contributed by atoms with E-state index in [1.807, 2.05) is 35.0 Å². The van der Waals surface area contributed by atoms with E-state index >= 15 is 0 Å². The van der Waals surface area contributed by atoms with Crippen LogP contribution in [0.2, 0.25) is 0 Å². The average molecular weight is 306 g/mol. The number of thiophene rings is 2. The first kappa shape index (κ1) is 14.1. The second-order valence-corrected chi connectivity index (χ2v) is 5.39. The van der Waals surface area contributed by atoms with Crippen LogP contribution in [0.3, 0.4) is 0 Å². The van der Waals surface area contributed by atoms with Gasteiger partial charge in [0.25, 0.3) is 0 Å². The molecule has 0 radical (unpaired) electrons. The molecule has 0 saturated heterocycles. The molecule has 2 rings (SSSR count). The highest BCUT2D eigenvalue weighted by molar-refractivity contribution is 7.12. The summed E-state index contributed by atoms with van der Waals surface area (Å²) in [5.41, 5.74) is 4.24. The number of hydrogen-bond acceptors (Lipinski definition) is 6. The standard InChI is InChI=1S/C12H10N4O2S2/c17-11(15-13-7-9-3-1-5-19-9)12(18)16-14-8-10-4-2-6-20-10/h1-8H,(H,15,17)(H,16,18)/b13-7-,14-8-.